The lowest BCUT2D eigenvalue weighted by molar-refractivity contribution is -0.915. The Labute approximate surface area is 180 Å². The Morgan fingerprint density at radius 1 is 1.03 bits per heavy atom. The van der Waals surface area contributed by atoms with Crippen LogP contribution in [0.15, 0.2) is 48.5 Å². The minimum atomic E-state index is -0.591. The molecule has 0 spiro atoms. The van der Waals surface area contributed by atoms with Gasteiger partial charge in [0, 0.05) is 23.4 Å². The number of Topliss-reactive ketones (excluding diaryl/α,β-unsaturated/α-hetero) is 1. The third kappa shape index (κ3) is 2.83. The van der Waals surface area contributed by atoms with E-state index in [0.29, 0.717) is 16.3 Å². The molecule has 0 aliphatic carbocycles. The second kappa shape index (κ2) is 7.33. The number of nitrogens with one attached hydrogen (secondary N) is 1. The van der Waals surface area contributed by atoms with Gasteiger partial charge in [-0.15, -0.1) is 0 Å². The first kappa shape index (κ1) is 19.5. The maximum atomic E-state index is 13.5. The summed E-state index contributed by atoms with van der Waals surface area (Å²) in [6.07, 6.45) is 2.74. The topological polar surface area (TPSA) is 58.9 Å². The lowest BCUT2D eigenvalue weighted by Crippen LogP contribution is -3.16. The highest BCUT2D eigenvalue weighted by atomic mass is 35.5. The molecule has 0 aromatic heterocycles. The number of amides is 2. The maximum absolute atomic E-state index is 13.5. The third-order valence-electron chi connectivity index (χ3n) is 7.06. The molecule has 0 saturated carbocycles. The van der Waals surface area contributed by atoms with Crippen LogP contribution in [-0.4, -0.2) is 36.2 Å². The zero-order valence-electron chi connectivity index (χ0n) is 16.8. The van der Waals surface area contributed by atoms with Gasteiger partial charge < -0.3 is 4.90 Å². The Kier molecular flexibility index (Phi) is 4.75. The molecule has 3 saturated heterocycles. The van der Waals surface area contributed by atoms with E-state index < -0.39 is 17.9 Å². The molecule has 3 fully saturated rings. The van der Waals surface area contributed by atoms with E-state index in [9.17, 15) is 14.4 Å². The molecule has 1 N–H and O–H groups in total. The van der Waals surface area contributed by atoms with Gasteiger partial charge in [-0.2, -0.15) is 0 Å². The van der Waals surface area contributed by atoms with Gasteiger partial charge in [0.15, 0.2) is 6.04 Å². The van der Waals surface area contributed by atoms with Crippen molar-refractivity contribution in [3.8, 4) is 0 Å². The molecule has 2 amide bonds. The number of imide groups is 1. The monoisotopic (exact) mass is 423 g/mol. The Morgan fingerprint density at radius 3 is 2.37 bits per heavy atom. The van der Waals surface area contributed by atoms with Crippen molar-refractivity contribution in [2.75, 3.05) is 11.4 Å². The Balaban J connectivity index is 1.52. The number of fused-ring (bicyclic) bond motifs is 3. The van der Waals surface area contributed by atoms with Crippen molar-refractivity contribution in [2.45, 2.75) is 38.3 Å². The molecular weight excluding hydrogens is 400 g/mol. The highest BCUT2D eigenvalue weighted by molar-refractivity contribution is 6.30. The number of rotatable bonds is 4. The molecule has 0 radical (unpaired) electrons. The van der Waals surface area contributed by atoms with Gasteiger partial charge in [-0.3, -0.25) is 14.4 Å². The fourth-order valence-corrected chi connectivity index (χ4v) is 5.80. The van der Waals surface area contributed by atoms with Gasteiger partial charge in [0.2, 0.25) is 17.6 Å². The van der Waals surface area contributed by atoms with Crippen LogP contribution in [0.2, 0.25) is 5.02 Å². The first-order valence-corrected chi connectivity index (χ1v) is 11.0. The molecule has 2 aromatic carbocycles. The molecular formula is C24H24ClN2O3+. The number of carbonyl (C=O) groups is 3. The van der Waals surface area contributed by atoms with E-state index in [0.717, 1.165) is 36.3 Å². The summed E-state index contributed by atoms with van der Waals surface area (Å²) in [5.41, 5.74) is 2.31. The van der Waals surface area contributed by atoms with Crippen molar-refractivity contribution in [1.29, 1.82) is 0 Å². The zero-order chi connectivity index (χ0) is 21.0. The molecule has 5 nitrogen and oxygen atoms in total. The van der Waals surface area contributed by atoms with Crippen LogP contribution in [0, 0.1) is 11.8 Å². The quantitative estimate of drug-likeness (QED) is 0.606. The van der Waals surface area contributed by atoms with Gasteiger partial charge in [0.1, 0.15) is 17.9 Å². The number of anilines is 1. The minimum absolute atomic E-state index is 0.0348. The summed E-state index contributed by atoms with van der Waals surface area (Å²) >= 11 is 5.98. The largest absolute Gasteiger partial charge is 0.322 e. The molecule has 0 bridgehead atoms. The van der Waals surface area contributed by atoms with Crippen LogP contribution in [0.5, 0.6) is 0 Å². The highest BCUT2D eigenvalue weighted by Gasteiger charge is 2.68. The molecule has 30 heavy (non-hydrogen) atoms. The van der Waals surface area contributed by atoms with Crippen LogP contribution in [-0.2, 0) is 16.0 Å². The van der Waals surface area contributed by atoms with Gasteiger partial charge in [0.05, 0.1) is 12.2 Å². The molecule has 3 heterocycles. The summed E-state index contributed by atoms with van der Waals surface area (Å²) in [6.45, 7) is 2.89. The maximum Gasteiger partial charge on any atom is 0.244 e. The summed E-state index contributed by atoms with van der Waals surface area (Å²) in [5, 5.41) is 0.566. The summed E-state index contributed by atoms with van der Waals surface area (Å²) in [5.74, 6) is -1.45. The smallest absolute Gasteiger partial charge is 0.244 e. The molecule has 2 aromatic rings. The predicted octanol–water partition coefficient (Wildman–Crippen LogP) is 2.32. The van der Waals surface area contributed by atoms with Gasteiger partial charge in [0.25, 0.3) is 0 Å². The van der Waals surface area contributed by atoms with Crippen LogP contribution in [0.25, 0.3) is 0 Å². The number of ketones is 1. The van der Waals surface area contributed by atoms with Gasteiger partial charge >= 0.3 is 0 Å². The van der Waals surface area contributed by atoms with Crippen molar-refractivity contribution in [2.24, 2.45) is 11.8 Å². The second-order valence-corrected chi connectivity index (χ2v) is 8.94. The van der Waals surface area contributed by atoms with Crippen molar-refractivity contribution in [3.63, 3.8) is 0 Å². The first-order valence-electron chi connectivity index (χ1n) is 10.6. The molecule has 3 aliphatic heterocycles. The first-order chi connectivity index (χ1) is 14.5. The van der Waals surface area contributed by atoms with Crippen LogP contribution in [0.3, 0.4) is 0 Å². The van der Waals surface area contributed by atoms with E-state index >= 15 is 0 Å². The SMILES string of the molecule is CCc1ccc(N2C(=O)[C@@H]3[C@@H](C2=O)[C@@H](C(=O)c2ccc(Cl)cc2)[NH+]2CCC[C@H]32)cc1. The average molecular weight is 424 g/mol. The van der Waals surface area contributed by atoms with Crippen LogP contribution >= 0.6 is 11.6 Å². The lowest BCUT2D eigenvalue weighted by Gasteiger charge is -2.25. The number of halogens is 1. The number of aryl methyl sites for hydroxylation is 1. The Bertz CT molecular complexity index is 1020. The highest BCUT2D eigenvalue weighted by Crippen LogP contribution is 2.40. The van der Waals surface area contributed by atoms with Crippen molar-refractivity contribution < 1.29 is 19.3 Å². The number of benzene rings is 2. The fourth-order valence-electron chi connectivity index (χ4n) is 5.67. The number of nitrogens with zero attached hydrogens (tertiary/aromatic N) is 1. The van der Waals surface area contributed by atoms with E-state index in [1.54, 1.807) is 24.3 Å². The van der Waals surface area contributed by atoms with Crippen molar-refractivity contribution >= 4 is 34.9 Å². The number of hydrogen-bond donors (Lipinski definition) is 1. The van der Waals surface area contributed by atoms with E-state index in [1.807, 2.05) is 24.3 Å². The number of hydrogen-bond acceptors (Lipinski definition) is 3. The summed E-state index contributed by atoms with van der Waals surface area (Å²) < 4.78 is 0. The Morgan fingerprint density at radius 2 is 1.70 bits per heavy atom. The fraction of sp³-hybridized carbons (Fsp3) is 0.375. The van der Waals surface area contributed by atoms with Crippen molar-refractivity contribution in [3.05, 3.63) is 64.7 Å². The second-order valence-electron chi connectivity index (χ2n) is 8.51. The zero-order valence-corrected chi connectivity index (χ0v) is 17.6. The van der Waals surface area contributed by atoms with E-state index in [2.05, 4.69) is 6.92 Å². The van der Waals surface area contributed by atoms with Crippen molar-refractivity contribution in [1.82, 2.24) is 0 Å². The van der Waals surface area contributed by atoms with E-state index in [4.69, 9.17) is 11.6 Å². The van der Waals surface area contributed by atoms with Gasteiger partial charge in [-0.05, 0) is 48.4 Å². The van der Waals surface area contributed by atoms with E-state index in [1.165, 1.54) is 4.90 Å². The van der Waals surface area contributed by atoms with Crippen LogP contribution in [0.4, 0.5) is 5.69 Å². The predicted molar refractivity (Wildman–Crippen MR) is 114 cm³/mol. The van der Waals surface area contributed by atoms with E-state index in [-0.39, 0.29) is 23.6 Å². The molecule has 6 heteroatoms. The molecule has 5 rings (SSSR count). The lowest BCUT2D eigenvalue weighted by atomic mass is 9.85. The Hall–Kier alpha value is -2.50. The molecule has 3 aliphatic rings. The van der Waals surface area contributed by atoms with Crippen LogP contribution < -0.4 is 9.80 Å². The average Bonchev–Trinajstić information content (AvgIpc) is 3.40. The third-order valence-corrected chi connectivity index (χ3v) is 7.31. The standard InChI is InChI=1S/C24H23ClN2O3/c1-2-14-5-11-17(12-6-14)27-23(29)19-18-4-3-13-26(18)21(20(19)24(27)30)22(28)15-7-9-16(25)10-8-15/h5-12,18-21H,2-4,13H2,1H3/p+1/t18-,19+,20-,21+/m1/s1. The summed E-state index contributed by atoms with van der Waals surface area (Å²) in [6, 6.07) is 13.9. The van der Waals surface area contributed by atoms with Gasteiger partial charge in [-0.1, -0.05) is 30.7 Å². The summed E-state index contributed by atoms with van der Waals surface area (Å²) in [4.78, 5) is 42.8. The number of carbonyl (C=O) groups excluding carboxylic acids is 3. The normalized spacial score (nSPS) is 29.9. The number of quaternary nitrogens is 1. The van der Waals surface area contributed by atoms with Crippen LogP contribution in [0.1, 0.15) is 35.7 Å². The molecule has 5 atom stereocenters. The summed E-state index contributed by atoms with van der Waals surface area (Å²) in [7, 11) is 0. The van der Waals surface area contributed by atoms with Gasteiger partial charge in [-0.25, -0.2) is 4.90 Å². The molecule has 1 unspecified atom stereocenters. The molecule has 154 valence electrons. The minimum Gasteiger partial charge on any atom is -0.322 e.